The molecule has 0 radical (unpaired) electrons. The van der Waals surface area contributed by atoms with Gasteiger partial charge in [-0.25, -0.2) is 0 Å². The van der Waals surface area contributed by atoms with Crippen LogP contribution >= 0.6 is 11.3 Å². The van der Waals surface area contributed by atoms with Gasteiger partial charge in [-0.3, -0.25) is 4.99 Å². The Morgan fingerprint density at radius 2 is 2.11 bits per heavy atom. The van der Waals surface area contributed by atoms with Gasteiger partial charge in [0.25, 0.3) is 0 Å². The molecule has 1 atom stereocenters. The van der Waals surface area contributed by atoms with Gasteiger partial charge in [-0.05, 0) is 17.9 Å². The third-order valence-electron chi connectivity index (χ3n) is 3.86. The van der Waals surface area contributed by atoms with E-state index >= 15 is 0 Å². The Balaban J connectivity index is 2.01. The Labute approximate surface area is 115 Å². The summed E-state index contributed by atoms with van der Waals surface area (Å²) in [7, 11) is 0. The van der Waals surface area contributed by atoms with Gasteiger partial charge in [0, 0.05) is 24.2 Å². The molecule has 0 saturated heterocycles. The minimum atomic E-state index is -1.04. The number of amidine groups is 1. The smallest absolute Gasteiger partial charge is 0.202 e. The van der Waals surface area contributed by atoms with Gasteiger partial charge in [-0.15, -0.1) is 11.3 Å². The molecule has 4 heteroatoms. The number of nitrogens with zero attached hydrogens (tertiary/aromatic N) is 2. The third-order valence-corrected chi connectivity index (χ3v) is 4.82. The van der Waals surface area contributed by atoms with Crippen LogP contribution in [0.2, 0.25) is 0 Å². The molecule has 2 aliphatic heterocycles. The van der Waals surface area contributed by atoms with Crippen molar-refractivity contribution < 1.29 is 5.11 Å². The first kappa shape index (κ1) is 11.2. The number of hydrogen-bond acceptors (Lipinski definition) is 4. The Morgan fingerprint density at radius 1 is 1.21 bits per heavy atom. The SMILES string of the molecule is OC1(c2cccs2)c2ccccc2C2=NCCCN21. The molecule has 3 nitrogen and oxygen atoms in total. The van der Waals surface area contributed by atoms with Crippen LogP contribution in [0.4, 0.5) is 0 Å². The molecule has 1 aromatic carbocycles. The van der Waals surface area contributed by atoms with E-state index in [2.05, 4.69) is 11.1 Å². The molecule has 0 spiro atoms. The highest BCUT2D eigenvalue weighted by Crippen LogP contribution is 2.44. The summed E-state index contributed by atoms with van der Waals surface area (Å²) in [4.78, 5) is 7.64. The van der Waals surface area contributed by atoms with Crippen LogP contribution in [0.15, 0.2) is 46.8 Å². The van der Waals surface area contributed by atoms with Gasteiger partial charge in [0.2, 0.25) is 5.72 Å². The fraction of sp³-hybridized carbons (Fsp3) is 0.267. The van der Waals surface area contributed by atoms with Gasteiger partial charge >= 0.3 is 0 Å². The molecule has 1 unspecified atom stereocenters. The average molecular weight is 270 g/mol. The molecule has 1 aromatic heterocycles. The molecule has 3 heterocycles. The van der Waals surface area contributed by atoms with Gasteiger partial charge in [0.1, 0.15) is 5.84 Å². The fourth-order valence-electron chi connectivity index (χ4n) is 3.02. The van der Waals surface area contributed by atoms with Gasteiger partial charge in [0.05, 0.1) is 4.88 Å². The van der Waals surface area contributed by atoms with Crippen molar-refractivity contribution in [3.05, 3.63) is 57.8 Å². The Bertz CT molecular complexity index is 650. The van der Waals surface area contributed by atoms with E-state index in [1.807, 2.05) is 40.6 Å². The number of rotatable bonds is 1. The van der Waals surface area contributed by atoms with Crippen LogP contribution in [-0.2, 0) is 5.72 Å². The van der Waals surface area contributed by atoms with E-state index < -0.39 is 5.72 Å². The normalized spacial score (nSPS) is 24.9. The van der Waals surface area contributed by atoms with Crippen molar-refractivity contribution >= 4 is 17.2 Å². The average Bonchev–Trinajstić information content (AvgIpc) is 3.08. The van der Waals surface area contributed by atoms with Crippen molar-refractivity contribution in [1.82, 2.24) is 4.90 Å². The maximum absolute atomic E-state index is 11.4. The van der Waals surface area contributed by atoms with E-state index in [0.717, 1.165) is 41.4 Å². The lowest BCUT2D eigenvalue weighted by atomic mass is 10.00. The summed E-state index contributed by atoms with van der Waals surface area (Å²) in [5, 5.41) is 13.4. The fourth-order valence-corrected chi connectivity index (χ4v) is 3.87. The van der Waals surface area contributed by atoms with Crippen LogP contribution in [0, 0.1) is 0 Å². The molecule has 0 amide bonds. The van der Waals surface area contributed by atoms with Crippen LogP contribution in [-0.4, -0.2) is 28.9 Å². The lowest BCUT2D eigenvalue weighted by molar-refractivity contribution is -0.0285. The predicted molar refractivity (Wildman–Crippen MR) is 76.5 cm³/mol. The zero-order chi connectivity index (χ0) is 12.9. The van der Waals surface area contributed by atoms with Gasteiger partial charge in [0.15, 0.2) is 0 Å². The molecule has 0 saturated carbocycles. The highest BCUT2D eigenvalue weighted by Gasteiger charge is 2.49. The van der Waals surface area contributed by atoms with Crippen LogP contribution in [0.3, 0.4) is 0 Å². The van der Waals surface area contributed by atoms with E-state index in [0.29, 0.717) is 0 Å². The molecule has 1 N–H and O–H groups in total. The van der Waals surface area contributed by atoms with Crippen molar-refractivity contribution in [1.29, 1.82) is 0 Å². The molecule has 2 aromatic rings. The quantitative estimate of drug-likeness (QED) is 0.864. The van der Waals surface area contributed by atoms with E-state index in [4.69, 9.17) is 0 Å². The minimum absolute atomic E-state index is 0.848. The molecule has 96 valence electrons. The topological polar surface area (TPSA) is 35.8 Å². The van der Waals surface area contributed by atoms with Crippen LogP contribution in [0.5, 0.6) is 0 Å². The third kappa shape index (κ3) is 1.38. The molecule has 0 bridgehead atoms. The monoisotopic (exact) mass is 270 g/mol. The number of hydrogen-bond donors (Lipinski definition) is 1. The van der Waals surface area contributed by atoms with Crippen molar-refractivity contribution in [2.75, 3.05) is 13.1 Å². The maximum Gasteiger partial charge on any atom is 0.202 e. The van der Waals surface area contributed by atoms with Crippen molar-refractivity contribution in [3.8, 4) is 0 Å². The summed E-state index contributed by atoms with van der Waals surface area (Å²) in [6.45, 7) is 1.70. The van der Waals surface area contributed by atoms with E-state index in [-0.39, 0.29) is 0 Å². The number of benzene rings is 1. The second-order valence-electron chi connectivity index (χ2n) is 4.91. The van der Waals surface area contributed by atoms with E-state index in [1.165, 1.54) is 0 Å². The zero-order valence-corrected chi connectivity index (χ0v) is 11.2. The Hall–Kier alpha value is -1.65. The van der Waals surface area contributed by atoms with Crippen molar-refractivity contribution in [2.45, 2.75) is 12.1 Å². The molecule has 19 heavy (non-hydrogen) atoms. The number of thiophene rings is 1. The molecular formula is C15H14N2OS. The van der Waals surface area contributed by atoms with Crippen LogP contribution < -0.4 is 0 Å². The van der Waals surface area contributed by atoms with Gasteiger partial charge in [-0.2, -0.15) is 0 Å². The number of aliphatic imine (C=N–C) groups is 1. The lowest BCUT2D eigenvalue weighted by Gasteiger charge is -2.36. The molecular weight excluding hydrogens is 256 g/mol. The van der Waals surface area contributed by atoms with Gasteiger partial charge < -0.3 is 10.0 Å². The minimum Gasteiger partial charge on any atom is -0.362 e. The second kappa shape index (κ2) is 3.92. The summed E-state index contributed by atoms with van der Waals surface area (Å²) in [5.41, 5.74) is 0.987. The molecule has 4 rings (SSSR count). The Morgan fingerprint density at radius 3 is 2.95 bits per heavy atom. The first-order chi connectivity index (χ1) is 9.32. The summed E-state index contributed by atoms with van der Waals surface area (Å²) < 4.78 is 0. The van der Waals surface area contributed by atoms with Crippen molar-refractivity contribution in [3.63, 3.8) is 0 Å². The summed E-state index contributed by atoms with van der Waals surface area (Å²) >= 11 is 1.59. The highest BCUT2D eigenvalue weighted by molar-refractivity contribution is 7.10. The predicted octanol–water partition coefficient (Wildman–Crippen LogP) is 2.41. The highest BCUT2D eigenvalue weighted by atomic mass is 32.1. The number of fused-ring (bicyclic) bond motifs is 3. The first-order valence-corrected chi connectivity index (χ1v) is 7.38. The lowest BCUT2D eigenvalue weighted by Crippen LogP contribution is -2.46. The summed E-state index contributed by atoms with van der Waals surface area (Å²) in [5.74, 6) is 0.942. The van der Waals surface area contributed by atoms with Crippen LogP contribution in [0.25, 0.3) is 0 Å². The zero-order valence-electron chi connectivity index (χ0n) is 10.4. The van der Waals surface area contributed by atoms with Gasteiger partial charge in [-0.1, -0.05) is 30.3 Å². The van der Waals surface area contributed by atoms with Crippen LogP contribution in [0.1, 0.15) is 22.4 Å². The standard InChI is InChI=1S/C15H14N2OS/c18-15(13-7-3-10-19-13)12-6-2-1-5-11(12)14-16-8-4-9-17(14)15/h1-3,5-7,10,18H,4,8-9H2. The first-order valence-electron chi connectivity index (χ1n) is 6.50. The summed E-state index contributed by atoms with van der Waals surface area (Å²) in [6, 6.07) is 12.0. The summed E-state index contributed by atoms with van der Waals surface area (Å²) in [6.07, 6.45) is 0.991. The second-order valence-corrected chi connectivity index (χ2v) is 5.85. The van der Waals surface area contributed by atoms with Crippen molar-refractivity contribution in [2.24, 2.45) is 4.99 Å². The largest absolute Gasteiger partial charge is 0.362 e. The van der Waals surface area contributed by atoms with E-state index in [9.17, 15) is 5.11 Å². The van der Waals surface area contributed by atoms with E-state index in [1.54, 1.807) is 11.3 Å². The Kier molecular flexibility index (Phi) is 2.31. The molecule has 0 aliphatic carbocycles. The maximum atomic E-state index is 11.4. The molecule has 2 aliphatic rings. The number of aliphatic hydroxyl groups is 1. The molecule has 0 fully saturated rings.